The molecule has 1 fully saturated rings. The van der Waals surface area contributed by atoms with E-state index in [4.69, 9.17) is 0 Å². The molecule has 0 radical (unpaired) electrons. The van der Waals surface area contributed by atoms with Gasteiger partial charge >= 0.3 is 0 Å². The van der Waals surface area contributed by atoms with E-state index < -0.39 is 9.84 Å². The van der Waals surface area contributed by atoms with Gasteiger partial charge in [0.25, 0.3) is 0 Å². The van der Waals surface area contributed by atoms with Gasteiger partial charge in [-0.15, -0.1) is 11.3 Å². The lowest BCUT2D eigenvalue weighted by molar-refractivity contribution is 0.374. The molecule has 2 heterocycles. The molecule has 0 bridgehead atoms. The minimum absolute atomic E-state index is 0.119. The summed E-state index contributed by atoms with van der Waals surface area (Å²) in [4.78, 5) is 9.09. The zero-order chi connectivity index (χ0) is 16.7. The number of aliphatic imine (C=N–C) groups is 1. The van der Waals surface area contributed by atoms with Crippen molar-refractivity contribution in [1.82, 2.24) is 10.2 Å². The quantitative estimate of drug-likeness (QED) is 0.613. The van der Waals surface area contributed by atoms with Crippen LogP contribution in [-0.4, -0.2) is 70.1 Å². The molecule has 1 aliphatic rings. The summed E-state index contributed by atoms with van der Waals surface area (Å²) >= 11 is 1.76. The molecule has 1 aromatic heterocycles. The smallest absolute Gasteiger partial charge is 0.194 e. The van der Waals surface area contributed by atoms with Gasteiger partial charge in [0, 0.05) is 38.5 Å². The van der Waals surface area contributed by atoms with Crippen molar-refractivity contribution in [3.8, 4) is 0 Å². The third-order valence-electron chi connectivity index (χ3n) is 3.84. The Labute approximate surface area is 143 Å². The summed E-state index contributed by atoms with van der Waals surface area (Å²) in [6.45, 7) is 8.51. The van der Waals surface area contributed by atoms with E-state index in [1.54, 1.807) is 18.3 Å². The first-order valence-electron chi connectivity index (χ1n) is 8.08. The molecule has 2 rings (SSSR count). The van der Waals surface area contributed by atoms with Crippen LogP contribution in [0.2, 0.25) is 0 Å². The summed E-state index contributed by atoms with van der Waals surface area (Å²) in [5, 5.41) is 6.68. The average molecular weight is 359 g/mol. The van der Waals surface area contributed by atoms with E-state index in [2.05, 4.69) is 37.6 Å². The van der Waals surface area contributed by atoms with Crippen molar-refractivity contribution >= 4 is 32.1 Å². The van der Waals surface area contributed by atoms with Gasteiger partial charge in [-0.2, -0.15) is 0 Å². The molecule has 1 aliphatic heterocycles. The van der Waals surface area contributed by atoms with Crippen LogP contribution in [0.3, 0.4) is 0 Å². The highest BCUT2D eigenvalue weighted by molar-refractivity contribution is 7.91. The van der Waals surface area contributed by atoms with Crippen molar-refractivity contribution < 1.29 is 8.42 Å². The number of anilines is 1. The first-order chi connectivity index (χ1) is 11.1. The fourth-order valence-corrected chi connectivity index (χ4v) is 3.89. The molecule has 0 spiro atoms. The topological polar surface area (TPSA) is 65.0 Å². The molecule has 1 N–H and O–H groups in total. The van der Waals surface area contributed by atoms with Crippen LogP contribution in [-0.2, 0) is 9.84 Å². The third-order valence-corrected chi connectivity index (χ3v) is 6.45. The molecule has 0 unspecified atom stereocenters. The maximum absolute atomic E-state index is 11.6. The number of guanidine groups is 1. The molecular formula is C15H26N4O2S2. The zero-order valence-electron chi connectivity index (χ0n) is 13.9. The van der Waals surface area contributed by atoms with Gasteiger partial charge < -0.3 is 15.1 Å². The van der Waals surface area contributed by atoms with Gasteiger partial charge in [-0.05, 0) is 24.4 Å². The number of nitrogens with zero attached hydrogens (tertiary/aromatic N) is 3. The fourth-order valence-electron chi connectivity index (χ4n) is 2.45. The van der Waals surface area contributed by atoms with Crippen molar-refractivity contribution in [2.45, 2.75) is 13.8 Å². The van der Waals surface area contributed by atoms with Gasteiger partial charge in [-0.3, -0.25) is 4.99 Å². The van der Waals surface area contributed by atoms with Crippen LogP contribution in [0.4, 0.5) is 5.00 Å². The maximum Gasteiger partial charge on any atom is 0.194 e. The van der Waals surface area contributed by atoms with Gasteiger partial charge in [-0.25, -0.2) is 8.42 Å². The first kappa shape index (κ1) is 18.1. The van der Waals surface area contributed by atoms with Crippen molar-refractivity contribution in [1.29, 1.82) is 0 Å². The minimum atomic E-state index is -2.96. The Bertz CT molecular complexity index is 591. The lowest BCUT2D eigenvalue weighted by Gasteiger charge is -2.37. The van der Waals surface area contributed by atoms with Crippen molar-refractivity contribution in [3.05, 3.63) is 17.5 Å². The zero-order valence-corrected chi connectivity index (χ0v) is 15.5. The highest BCUT2D eigenvalue weighted by Crippen LogP contribution is 2.22. The number of hydrogen-bond donors (Lipinski definition) is 1. The maximum atomic E-state index is 11.6. The van der Waals surface area contributed by atoms with E-state index in [0.717, 1.165) is 38.7 Å². The Morgan fingerprint density at radius 1 is 1.30 bits per heavy atom. The van der Waals surface area contributed by atoms with Gasteiger partial charge in [0.15, 0.2) is 15.8 Å². The second-order valence-electron chi connectivity index (χ2n) is 5.40. The van der Waals surface area contributed by atoms with Crippen molar-refractivity contribution in [3.63, 3.8) is 0 Å². The fraction of sp³-hybridized carbons (Fsp3) is 0.667. The summed E-state index contributed by atoms with van der Waals surface area (Å²) in [5.41, 5.74) is 0. The summed E-state index contributed by atoms with van der Waals surface area (Å²) in [6, 6.07) is 4.22. The van der Waals surface area contributed by atoms with E-state index in [1.807, 2.05) is 6.92 Å². The summed E-state index contributed by atoms with van der Waals surface area (Å²) in [7, 11) is -2.96. The normalized spacial score (nSPS) is 16.7. The summed E-state index contributed by atoms with van der Waals surface area (Å²) < 4.78 is 23.2. The number of sulfone groups is 1. The monoisotopic (exact) mass is 358 g/mol. The van der Waals surface area contributed by atoms with Gasteiger partial charge in [0.2, 0.25) is 0 Å². The summed E-state index contributed by atoms with van der Waals surface area (Å²) in [6.07, 6.45) is 0. The predicted octanol–water partition coefficient (Wildman–Crippen LogP) is 1.27. The lowest BCUT2D eigenvalue weighted by Crippen LogP contribution is -2.52. The largest absolute Gasteiger partial charge is 0.360 e. The molecule has 0 saturated carbocycles. The molecule has 8 heteroatoms. The van der Waals surface area contributed by atoms with E-state index in [0.29, 0.717) is 6.54 Å². The molecule has 0 atom stereocenters. The molecule has 23 heavy (non-hydrogen) atoms. The van der Waals surface area contributed by atoms with E-state index >= 15 is 0 Å². The number of thiophene rings is 1. The van der Waals surface area contributed by atoms with Crippen molar-refractivity contribution in [2.75, 3.05) is 55.7 Å². The van der Waals surface area contributed by atoms with Gasteiger partial charge in [0.05, 0.1) is 17.3 Å². The number of piperazine rings is 1. The highest BCUT2D eigenvalue weighted by Gasteiger charge is 2.20. The van der Waals surface area contributed by atoms with Crippen molar-refractivity contribution in [2.24, 2.45) is 4.99 Å². The van der Waals surface area contributed by atoms with Crippen LogP contribution >= 0.6 is 11.3 Å². The Morgan fingerprint density at radius 3 is 2.61 bits per heavy atom. The van der Waals surface area contributed by atoms with Gasteiger partial charge in [-0.1, -0.05) is 6.92 Å². The van der Waals surface area contributed by atoms with Crippen LogP contribution < -0.4 is 10.2 Å². The molecule has 0 amide bonds. The average Bonchev–Trinajstić information content (AvgIpc) is 3.09. The molecule has 130 valence electrons. The Balaban J connectivity index is 1.91. The second kappa shape index (κ2) is 8.54. The van der Waals surface area contributed by atoms with Gasteiger partial charge in [0.1, 0.15) is 0 Å². The Hall–Kier alpha value is -1.28. The van der Waals surface area contributed by atoms with E-state index in [-0.39, 0.29) is 11.5 Å². The van der Waals surface area contributed by atoms with E-state index in [1.165, 1.54) is 5.00 Å². The standard InChI is InChI=1S/C15H26N4O2S2/c1-3-16-15(17-7-13-23(20,21)4-2)19-10-8-18(9-11-19)14-6-5-12-22-14/h5-6,12H,3-4,7-11,13H2,1-2H3,(H,16,17). The molecule has 6 nitrogen and oxygen atoms in total. The van der Waals surface area contributed by atoms with Crippen LogP contribution in [0.5, 0.6) is 0 Å². The molecule has 0 aliphatic carbocycles. The minimum Gasteiger partial charge on any atom is -0.360 e. The lowest BCUT2D eigenvalue weighted by atomic mass is 10.3. The van der Waals surface area contributed by atoms with Crippen LogP contribution in [0, 0.1) is 0 Å². The van der Waals surface area contributed by atoms with Crippen LogP contribution in [0.25, 0.3) is 0 Å². The first-order valence-corrected chi connectivity index (χ1v) is 10.8. The third kappa shape index (κ3) is 5.39. The molecule has 1 aromatic rings. The number of rotatable bonds is 6. The predicted molar refractivity (Wildman–Crippen MR) is 98.4 cm³/mol. The van der Waals surface area contributed by atoms with Crippen LogP contribution in [0.1, 0.15) is 13.8 Å². The second-order valence-corrected chi connectivity index (χ2v) is 8.80. The highest BCUT2D eigenvalue weighted by atomic mass is 32.2. The SMILES string of the molecule is CCNC(=NCCS(=O)(=O)CC)N1CCN(c2cccs2)CC1. The Morgan fingerprint density at radius 2 is 2.04 bits per heavy atom. The Kier molecular flexibility index (Phi) is 6.71. The number of nitrogens with one attached hydrogen (secondary N) is 1. The molecular weight excluding hydrogens is 332 g/mol. The summed E-state index contributed by atoms with van der Waals surface area (Å²) in [5.74, 6) is 1.12. The molecule has 0 aromatic carbocycles. The van der Waals surface area contributed by atoms with E-state index in [9.17, 15) is 8.42 Å². The van der Waals surface area contributed by atoms with Crippen LogP contribution in [0.15, 0.2) is 22.5 Å². The molecule has 1 saturated heterocycles. The number of hydrogen-bond acceptors (Lipinski definition) is 5.